The zero-order valence-electron chi connectivity index (χ0n) is 11.5. The first-order chi connectivity index (χ1) is 10.3. The third-order valence-electron chi connectivity index (χ3n) is 3.20. The van der Waals surface area contributed by atoms with Gasteiger partial charge in [0, 0.05) is 5.56 Å². The lowest BCUT2D eigenvalue weighted by Crippen LogP contribution is -2.17. The molecule has 0 saturated heterocycles. The molecule has 1 N–H and O–H groups in total. The molecule has 2 aromatic carbocycles. The van der Waals surface area contributed by atoms with Crippen LogP contribution in [-0.2, 0) is 0 Å². The molecule has 21 heavy (non-hydrogen) atoms. The van der Waals surface area contributed by atoms with E-state index in [1.807, 2.05) is 25.2 Å². The second-order valence-corrected chi connectivity index (χ2v) is 5.59. The fraction of sp³-hybridized carbons (Fsp3) is 0.125. The molecule has 3 rings (SSSR count). The van der Waals surface area contributed by atoms with Crippen molar-refractivity contribution in [1.82, 2.24) is 15.5 Å². The zero-order valence-corrected chi connectivity index (χ0v) is 12.3. The Kier molecular flexibility index (Phi) is 4.03. The highest BCUT2D eigenvalue weighted by Gasteiger charge is 2.17. The molecule has 1 atom stereocenters. The van der Waals surface area contributed by atoms with Crippen LogP contribution in [-0.4, -0.2) is 17.2 Å². The molecule has 0 radical (unpaired) electrons. The average molecular weight is 299 g/mol. The Morgan fingerprint density at radius 1 is 1.00 bits per heavy atom. The topological polar surface area (TPSA) is 37.8 Å². The van der Waals surface area contributed by atoms with Crippen molar-refractivity contribution in [3.8, 4) is 10.6 Å². The van der Waals surface area contributed by atoms with E-state index in [1.165, 1.54) is 23.5 Å². The Morgan fingerprint density at radius 3 is 2.38 bits per heavy atom. The summed E-state index contributed by atoms with van der Waals surface area (Å²) in [5.41, 5.74) is 2.02. The van der Waals surface area contributed by atoms with Crippen LogP contribution in [0.4, 0.5) is 4.39 Å². The van der Waals surface area contributed by atoms with E-state index < -0.39 is 0 Å². The summed E-state index contributed by atoms with van der Waals surface area (Å²) in [5, 5.41) is 13.4. The lowest BCUT2D eigenvalue weighted by atomic mass is 10.1. The number of nitrogens with zero attached hydrogens (tertiary/aromatic N) is 2. The van der Waals surface area contributed by atoms with E-state index >= 15 is 0 Å². The third kappa shape index (κ3) is 2.99. The maximum absolute atomic E-state index is 13.0. The van der Waals surface area contributed by atoms with Crippen LogP contribution in [0.25, 0.3) is 10.6 Å². The van der Waals surface area contributed by atoms with Crippen molar-refractivity contribution in [2.75, 3.05) is 7.05 Å². The van der Waals surface area contributed by atoms with Crippen LogP contribution in [0.15, 0.2) is 54.6 Å². The zero-order chi connectivity index (χ0) is 14.7. The molecule has 0 aliphatic carbocycles. The minimum absolute atomic E-state index is 0.0119. The van der Waals surface area contributed by atoms with E-state index in [2.05, 4.69) is 27.6 Å². The van der Waals surface area contributed by atoms with Gasteiger partial charge in [0.2, 0.25) is 0 Å². The van der Waals surface area contributed by atoms with E-state index in [0.29, 0.717) is 0 Å². The second-order valence-electron chi connectivity index (χ2n) is 4.58. The Bertz CT molecular complexity index is 710. The Balaban J connectivity index is 1.92. The largest absolute Gasteiger partial charge is 0.307 e. The van der Waals surface area contributed by atoms with Crippen LogP contribution in [0.5, 0.6) is 0 Å². The summed E-state index contributed by atoms with van der Waals surface area (Å²) in [4.78, 5) is 0. The summed E-state index contributed by atoms with van der Waals surface area (Å²) in [6.45, 7) is 0. The van der Waals surface area contributed by atoms with E-state index in [-0.39, 0.29) is 11.9 Å². The van der Waals surface area contributed by atoms with Crippen LogP contribution < -0.4 is 5.32 Å². The lowest BCUT2D eigenvalue weighted by molar-refractivity contribution is 0.628. The van der Waals surface area contributed by atoms with Gasteiger partial charge in [0.05, 0.1) is 6.04 Å². The van der Waals surface area contributed by atoms with Gasteiger partial charge in [-0.2, -0.15) is 0 Å². The van der Waals surface area contributed by atoms with E-state index in [1.54, 1.807) is 12.1 Å². The molecule has 0 fully saturated rings. The number of benzene rings is 2. The van der Waals surface area contributed by atoms with Gasteiger partial charge in [-0.25, -0.2) is 4.39 Å². The van der Waals surface area contributed by atoms with Gasteiger partial charge in [0.25, 0.3) is 0 Å². The van der Waals surface area contributed by atoms with Gasteiger partial charge in [-0.3, -0.25) is 0 Å². The minimum Gasteiger partial charge on any atom is -0.307 e. The molecule has 0 saturated carbocycles. The van der Waals surface area contributed by atoms with Crippen LogP contribution in [0, 0.1) is 5.82 Å². The van der Waals surface area contributed by atoms with Crippen molar-refractivity contribution < 1.29 is 4.39 Å². The molecule has 0 aliphatic rings. The molecule has 1 aromatic heterocycles. The molecule has 0 aliphatic heterocycles. The van der Waals surface area contributed by atoms with Crippen LogP contribution in [0.1, 0.15) is 16.6 Å². The van der Waals surface area contributed by atoms with Crippen molar-refractivity contribution in [2.24, 2.45) is 0 Å². The number of hydrogen-bond donors (Lipinski definition) is 1. The van der Waals surface area contributed by atoms with E-state index in [9.17, 15) is 4.39 Å². The molecule has 5 heteroatoms. The normalized spacial score (nSPS) is 12.3. The van der Waals surface area contributed by atoms with Crippen molar-refractivity contribution in [3.05, 3.63) is 71.0 Å². The number of aromatic nitrogens is 2. The second kappa shape index (κ2) is 6.11. The molecule has 3 nitrogen and oxygen atoms in total. The van der Waals surface area contributed by atoms with E-state index in [0.717, 1.165) is 21.1 Å². The quantitative estimate of drug-likeness (QED) is 0.799. The number of halogens is 1. The first-order valence-corrected chi connectivity index (χ1v) is 7.41. The Labute approximate surface area is 126 Å². The number of nitrogens with one attached hydrogen (secondary N) is 1. The summed E-state index contributed by atoms with van der Waals surface area (Å²) >= 11 is 1.51. The van der Waals surface area contributed by atoms with Gasteiger partial charge in [0.15, 0.2) is 0 Å². The van der Waals surface area contributed by atoms with Crippen LogP contribution in [0.3, 0.4) is 0 Å². The van der Waals surface area contributed by atoms with Gasteiger partial charge < -0.3 is 5.32 Å². The molecule has 0 bridgehead atoms. The van der Waals surface area contributed by atoms with Gasteiger partial charge >= 0.3 is 0 Å². The lowest BCUT2D eigenvalue weighted by Gasteiger charge is -2.12. The van der Waals surface area contributed by atoms with Crippen molar-refractivity contribution >= 4 is 11.3 Å². The molecule has 0 spiro atoms. The molecular formula is C16H14FN3S. The predicted molar refractivity (Wildman–Crippen MR) is 82.6 cm³/mol. The highest BCUT2D eigenvalue weighted by molar-refractivity contribution is 7.14. The summed E-state index contributed by atoms with van der Waals surface area (Å²) in [6, 6.07) is 16.4. The van der Waals surface area contributed by atoms with Gasteiger partial charge in [-0.15, -0.1) is 10.2 Å². The Hall–Kier alpha value is -2.11. The molecule has 3 aromatic rings. The smallest absolute Gasteiger partial charge is 0.147 e. The van der Waals surface area contributed by atoms with Gasteiger partial charge in [-0.1, -0.05) is 41.7 Å². The van der Waals surface area contributed by atoms with Gasteiger partial charge in [0.1, 0.15) is 15.8 Å². The number of rotatable bonds is 4. The fourth-order valence-electron chi connectivity index (χ4n) is 2.14. The molecule has 1 heterocycles. The van der Waals surface area contributed by atoms with Gasteiger partial charge in [-0.05, 0) is 36.9 Å². The first-order valence-electron chi connectivity index (χ1n) is 6.59. The van der Waals surface area contributed by atoms with Crippen LogP contribution in [0.2, 0.25) is 0 Å². The summed E-state index contributed by atoms with van der Waals surface area (Å²) < 4.78 is 13.0. The first kappa shape index (κ1) is 13.9. The minimum atomic E-state index is -0.249. The Morgan fingerprint density at radius 2 is 1.71 bits per heavy atom. The highest BCUT2D eigenvalue weighted by atomic mass is 32.1. The number of hydrogen-bond acceptors (Lipinski definition) is 4. The van der Waals surface area contributed by atoms with E-state index in [4.69, 9.17) is 0 Å². The summed E-state index contributed by atoms with van der Waals surface area (Å²) in [7, 11) is 1.90. The van der Waals surface area contributed by atoms with Crippen molar-refractivity contribution in [3.63, 3.8) is 0 Å². The predicted octanol–water partition coefficient (Wildman–Crippen LogP) is 3.65. The SMILES string of the molecule is CNC(c1ccccc1)c1nnc(-c2ccc(F)cc2)s1. The third-order valence-corrected chi connectivity index (χ3v) is 4.24. The fourth-order valence-corrected chi connectivity index (χ4v) is 3.13. The maximum atomic E-state index is 13.0. The van der Waals surface area contributed by atoms with Crippen molar-refractivity contribution in [2.45, 2.75) is 6.04 Å². The van der Waals surface area contributed by atoms with Crippen LogP contribution >= 0.6 is 11.3 Å². The summed E-state index contributed by atoms with van der Waals surface area (Å²) in [5.74, 6) is -0.249. The maximum Gasteiger partial charge on any atom is 0.147 e. The highest BCUT2D eigenvalue weighted by Crippen LogP contribution is 2.29. The standard InChI is InChI=1S/C16H14FN3S/c1-18-14(11-5-3-2-4-6-11)16-20-19-15(21-16)12-7-9-13(17)10-8-12/h2-10,14,18H,1H3. The molecular weight excluding hydrogens is 285 g/mol. The van der Waals surface area contributed by atoms with Crippen molar-refractivity contribution in [1.29, 1.82) is 0 Å². The summed E-state index contributed by atoms with van der Waals surface area (Å²) in [6.07, 6.45) is 0. The monoisotopic (exact) mass is 299 g/mol. The molecule has 1 unspecified atom stereocenters. The molecule has 0 amide bonds. The average Bonchev–Trinajstić information content (AvgIpc) is 2.99. The molecule has 106 valence electrons.